The summed E-state index contributed by atoms with van der Waals surface area (Å²) in [6, 6.07) is 0. The summed E-state index contributed by atoms with van der Waals surface area (Å²) in [5, 5.41) is 11.8. The third-order valence-corrected chi connectivity index (χ3v) is 2.27. The molecule has 0 unspecified atom stereocenters. The summed E-state index contributed by atoms with van der Waals surface area (Å²) < 4.78 is 18.9. The third kappa shape index (κ3) is 8.37. The quantitative estimate of drug-likeness (QED) is 0.0640. The van der Waals surface area contributed by atoms with Gasteiger partial charge in [0, 0.05) is 0 Å². The van der Waals surface area contributed by atoms with Gasteiger partial charge in [-0.15, -0.1) is 0 Å². The Morgan fingerprint density at radius 2 is 1.12 bits per heavy atom. The third-order valence-electron chi connectivity index (χ3n) is 2.27. The summed E-state index contributed by atoms with van der Waals surface area (Å²) in [5.74, 6) is -4.07. The first-order valence-corrected chi connectivity index (χ1v) is 7.19. The van der Waals surface area contributed by atoms with E-state index in [2.05, 4.69) is 0 Å². The van der Waals surface area contributed by atoms with Crippen LogP contribution in [-0.2, 0) is 33.3 Å². The summed E-state index contributed by atoms with van der Waals surface area (Å²) in [6.07, 6.45) is 0.770. The molecule has 0 bridgehead atoms. The molecular formula is C15H21NaO8. The maximum absolute atomic E-state index is 11.8. The van der Waals surface area contributed by atoms with E-state index in [1.807, 2.05) is 0 Å². The molecule has 0 saturated carbocycles. The van der Waals surface area contributed by atoms with Crippen molar-refractivity contribution in [3.8, 4) is 0 Å². The Labute approximate surface area is 163 Å². The molecule has 0 amide bonds. The van der Waals surface area contributed by atoms with Crippen molar-refractivity contribution in [1.29, 1.82) is 0 Å². The number of esters is 3. The maximum Gasteiger partial charge on any atom is 1.00 e. The number of rotatable bonds is 9. The molecule has 0 aliphatic rings. The molecule has 8 nitrogen and oxygen atoms in total. The fourth-order valence-electron chi connectivity index (χ4n) is 1.38. The zero-order valence-corrected chi connectivity index (χ0v) is 16.7. The maximum atomic E-state index is 11.8. The molecule has 0 heterocycles. The molecule has 0 aliphatic carbocycles. The first kappa shape index (κ1) is 24.7. The van der Waals surface area contributed by atoms with Crippen LogP contribution in [0, 0.1) is 0 Å². The van der Waals surface area contributed by atoms with Crippen LogP contribution in [0.2, 0.25) is 0 Å². The van der Waals surface area contributed by atoms with E-state index in [1.54, 1.807) is 27.7 Å². The molecule has 24 heavy (non-hydrogen) atoms. The van der Waals surface area contributed by atoms with Gasteiger partial charge in [-0.3, -0.25) is 0 Å². The van der Waals surface area contributed by atoms with E-state index in [9.17, 15) is 19.5 Å². The average molecular weight is 352 g/mol. The van der Waals surface area contributed by atoms with Crippen molar-refractivity contribution in [2.45, 2.75) is 27.7 Å². The van der Waals surface area contributed by atoms with Crippen molar-refractivity contribution in [1.82, 2.24) is 0 Å². The van der Waals surface area contributed by atoms with Crippen LogP contribution in [0.3, 0.4) is 0 Å². The number of ether oxygens (including phenoxy) is 4. The van der Waals surface area contributed by atoms with Gasteiger partial charge in [0.1, 0.15) is 5.57 Å². The Kier molecular flexibility index (Phi) is 14.3. The van der Waals surface area contributed by atoms with Gasteiger partial charge in [0.05, 0.1) is 31.3 Å². The smallest absolute Gasteiger partial charge is 0.613 e. The Morgan fingerprint density at radius 1 is 0.750 bits per heavy atom. The van der Waals surface area contributed by atoms with E-state index in [1.165, 1.54) is 0 Å². The molecule has 130 valence electrons. The van der Waals surface area contributed by atoms with E-state index in [4.69, 9.17) is 18.9 Å². The Morgan fingerprint density at radius 3 is 1.50 bits per heavy atom. The van der Waals surface area contributed by atoms with Gasteiger partial charge in [0.15, 0.2) is 0 Å². The Hall–Kier alpha value is -1.51. The molecule has 0 radical (unpaired) electrons. The van der Waals surface area contributed by atoms with Crippen molar-refractivity contribution >= 4 is 17.9 Å². The van der Waals surface area contributed by atoms with E-state index in [0.717, 1.165) is 6.08 Å². The molecule has 0 aromatic carbocycles. The van der Waals surface area contributed by atoms with Gasteiger partial charge in [0.2, 0.25) is 0 Å². The van der Waals surface area contributed by atoms with Gasteiger partial charge in [-0.2, -0.15) is 0 Å². The summed E-state index contributed by atoms with van der Waals surface area (Å²) in [7, 11) is 0. The molecule has 0 saturated heterocycles. The minimum Gasteiger partial charge on any atom is -0.613 e. The van der Waals surface area contributed by atoms with E-state index >= 15 is 0 Å². The van der Waals surface area contributed by atoms with Crippen molar-refractivity contribution in [2.24, 2.45) is 0 Å². The Bertz CT molecular complexity index is 476. The van der Waals surface area contributed by atoms with Crippen LogP contribution in [0.1, 0.15) is 27.7 Å². The van der Waals surface area contributed by atoms with Crippen molar-refractivity contribution in [3.63, 3.8) is 0 Å². The predicted octanol–water partition coefficient (Wildman–Crippen LogP) is -2.79. The predicted molar refractivity (Wildman–Crippen MR) is 76.6 cm³/mol. The van der Waals surface area contributed by atoms with Crippen LogP contribution in [-0.4, -0.2) is 44.3 Å². The van der Waals surface area contributed by atoms with Crippen molar-refractivity contribution in [2.75, 3.05) is 26.4 Å². The van der Waals surface area contributed by atoms with Crippen LogP contribution in [0.15, 0.2) is 23.2 Å². The van der Waals surface area contributed by atoms with Gasteiger partial charge < -0.3 is 24.1 Å². The first-order chi connectivity index (χ1) is 10.9. The molecule has 0 rings (SSSR count). The van der Waals surface area contributed by atoms with Crippen LogP contribution in [0.25, 0.3) is 0 Å². The molecule has 9 heteroatoms. The molecular weight excluding hydrogens is 331 g/mol. The second-order valence-electron chi connectivity index (χ2n) is 3.85. The van der Waals surface area contributed by atoms with Gasteiger partial charge in [-0.25, -0.2) is 14.4 Å². The van der Waals surface area contributed by atoms with E-state index in [0.29, 0.717) is 0 Å². The topological polar surface area (TPSA) is 111 Å². The number of hydrogen-bond acceptors (Lipinski definition) is 8. The van der Waals surface area contributed by atoms with Crippen LogP contribution < -0.4 is 34.7 Å². The van der Waals surface area contributed by atoms with Crippen LogP contribution in [0.5, 0.6) is 0 Å². The fraction of sp³-hybridized carbons (Fsp3) is 0.533. The van der Waals surface area contributed by atoms with Crippen LogP contribution >= 0.6 is 0 Å². The molecule has 0 aromatic heterocycles. The van der Waals surface area contributed by atoms with Crippen molar-refractivity contribution < 1.29 is 68.0 Å². The molecule has 0 atom stereocenters. The largest absolute Gasteiger partial charge is 1.00 e. The zero-order chi connectivity index (χ0) is 17.8. The molecule has 0 aliphatic heterocycles. The molecule has 0 spiro atoms. The van der Waals surface area contributed by atoms with Gasteiger partial charge >= 0.3 is 47.5 Å². The van der Waals surface area contributed by atoms with Gasteiger partial charge in [0.25, 0.3) is 0 Å². The summed E-state index contributed by atoms with van der Waals surface area (Å²) in [6.45, 7) is 6.19. The average Bonchev–Trinajstić information content (AvgIpc) is 2.48. The normalized spacial score (nSPS) is 10.5. The first-order valence-electron chi connectivity index (χ1n) is 7.19. The van der Waals surface area contributed by atoms with E-state index < -0.39 is 35.0 Å². The van der Waals surface area contributed by atoms with E-state index in [-0.39, 0.29) is 56.0 Å². The molecule has 0 N–H and O–H groups in total. The van der Waals surface area contributed by atoms with Gasteiger partial charge in [-0.05, 0) is 33.5 Å². The monoisotopic (exact) mass is 352 g/mol. The Balaban J connectivity index is 0. The molecule has 0 aromatic rings. The molecule has 0 fully saturated rings. The van der Waals surface area contributed by atoms with Crippen molar-refractivity contribution in [3.05, 3.63) is 23.2 Å². The van der Waals surface area contributed by atoms with Crippen LogP contribution in [0.4, 0.5) is 0 Å². The summed E-state index contributed by atoms with van der Waals surface area (Å²) in [4.78, 5) is 35.5. The van der Waals surface area contributed by atoms with Gasteiger partial charge in [-0.1, -0.05) is 6.92 Å². The zero-order valence-electron chi connectivity index (χ0n) is 14.7. The SMILES string of the molecule is CCOC(=O)C(=C/C(C(=O)OCC)=C(/[O-])OCC)C(=O)OCC.[Na+]. The standard InChI is InChI=1S/C15H22O8.Na/c1-5-20-12(16)10(13(17)21-6-2)9-11(14(18)22-7-3)15(19)23-8-4;/h9,16H,5-8H2,1-4H3;/q;+1/p-1/b12-10+;. The minimum absolute atomic E-state index is 0. The number of carbonyl (C=O) groups is 3. The fourth-order valence-corrected chi connectivity index (χ4v) is 1.38. The second kappa shape index (κ2) is 13.9. The summed E-state index contributed by atoms with van der Waals surface area (Å²) in [5.41, 5.74) is -1.19. The number of carbonyl (C=O) groups excluding carboxylic acids is 3. The summed E-state index contributed by atoms with van der Waals surface area (Å²) >= 11 is 0. The second-order valence-corrected chi connectivity index (χ2v) is 3.85. The number of hydrogen-bond donors (Lipinski definition) is 0. The minimum atomic E-state index is -1.02.